The van der Waals surface area contributed by atoms with Crippen LogP contribution in [0.4, 0.5) is 0 Å². The first kappa shape index (κ1) is 20.0. The Morgan fingerprint density at radius 3 is 2.66 bits per heavy atom. The van der Waals surface area contributed by atoms with Crippen LogP contribution in [0.1, 0.15) is 43.1 Å². The van der Waals surface area contributed by atoms with E-state index in [1.807, 2.05) is 12.3 Å². The maximum Gasteiger partial charge on any atom is 0.243 e. The molecule has 0 saturated carbocycles. The van der Waals surface area contributed by atoms with Gasteiger partial charge in [0.15, 0.2) is 6.29 Å². The van der Waals surface area contributed by atoms with Crippen molar-refractivity contribution in [2.75, 3.05) is 19.7 Å². The maximum absolute atomic E-state index is 13.0. The molecule has 8 heteroatoms. The summed E-state index contributed by atoms with van der Waals surface area (Å²) in [6, 6.07) is 10.2. The van der Waals surface area contributed by atoms with Crippen molar-refractivity contribution in [2.24, 2.45) is 0 Å². The Hall–Kier alpha value is -2.26. The van der Waals surface area contributed by atoms with Gasteiger partial charge in [-0.2, -0.15) is 4.31 Å². The van der Waals surface area contributed by atoms with Gasteiger partial charge in [0.1, 0.15) is 5.65 Å². The minimum Gasteiger partial charge on any atom is -0.364 e. The van der Waals surface area contributed by atoms with E-state index in [1.54, 1.807) is 29.6 Å². The van der Waals surface area contributed by atoms with Gasteiger partial charge in [0.2, 0.25) is 10.0 Å². The molecular weight excluding hydrogens is 390 g/mol. The highest BCUT2D eigenvalue weighted by Crippen LogP contribution is 2.34. The Morgan fingerprint density at radius 2 is 1.97 bits per heavy atom. The number of aromatic amines is 1. The van der Waals surface area contributed by atoms with Crippen LogP contribution in [0.25, 0.3) is 11.0 Å². The second-order valence-corrected chi connectivity index (χ2v) is 9.14. The number of aliphatic hydroxyl groups excluding tert-OH is 1. The van der Waals surface area contributed by atoms with Crippen molar-refractivity contribution in [3.8, 4) is 0 Å². The average Bonchev–Trinajstić information content (AvgIpc) is 3.18. The average molecular weight is 416 g/mol. The lowest BCUT2D eigenvalue weighted by atomic mass is 9.90. The maximum atomic E-state index is 13.0. The molecule has 154 valence electrons. The highest BCUT2D eigenvalue weighted by Gasteiger charge is 2.31. The number of aliphatic hydroxyl groups is 1. The number of ether oxygens (including phenoxy) is 1. The number of nitrogens with one attached hydrogen (secondary N) is 1. The quantitative estimate of drug-likeness (QED) is 0.603. The molecule has 0 spiro atoms. The van der Waals surface area contributed by atoms with Gasteiger partial charge in [0.05, 0.1) is 4.90 Å². The zero-order valence-electron chi connectivity index (χ0n) is 16.3. The molecular formula is C21H25N3O4S. The number of rotatable bonds is 6. The van der Waals surface area contributed by atoms with Gasteiger partial charge in [0.25, 0.3) is 0 Å². The summed E-state index contributed by atoms with van der Waals surface area (Å²) in [5.41, 5.74) is 2.61. The lowest BCUT2D eigenvalue weighted by Gasteiger charge is -2.31. The molecule has 2 N–H and O–H groups in total. The fourth-order valence-corrected chi connectivity index (χ4v) is 5.40. The summed E-state index contributed by atoms with van der Waals surface area (Å²) in [5.74, 6) is 0.308. The molecule has 2 aromatic heterocycles. The fraction of sp³-hybridized carbons (Fsp3) is 0.381. The van der Waals surface area contributed by atoms with Crippen molar-refractivity contribution < 1.29 is 18.3 Å². The number of fused-ring (bicyclic) bond motifs is 1. The van der Waals surface area contributed by atoms with E-state index in [0.29, 0.717) is 31.2 Å². The van der Waals surface area contributed by atoms with Gasteiger partial charge in [0, 0.05) is 43.0 Å². The molecule has 0 aliphatic carbocycles. The van der Waals surface area contributed by atoms with Crippen LogP contribution in [0.3, 0.4) is 0 Å². The van der Waals surface area contributed by atoms with E-state index in [4.69, 9.17) is 4.74 Å². The van der Waals surface area contributed by atoms with Gasteiger partial charge >= 0.3 is 0 Å². The monoisotopic (exact) mass is 415 g/mol. The third-order valence-corrected chi connectivity index (χ3v) is 7.42. The van der Waals surface area contributed by atoms with Crippen LogP contribution in [0.2, 0.25) is 0 Å². The Kier molecular flexibility index (Phi) is 5.69. The van der Waals surface area contributed by atoms with Crippen LogP contribution in [0.15, 0.2) is 53.7 Å². The predicted octanol–water partition coefficient (Wildman–Crippen LogP) is 3.16. The van der Waals surface area contributed by atoms with Crippen molar-refractivity contribution in [1.29, 1.82) is 0 Å². The van der Waals surface area contributed by atoms with E-state index in [-0.39, 0.29) is 4.90 Å². The first-order chi connectivity index (χ1) is 14.0. The molecule has 7 nitrogen and oxygen atoms in total. The molecule has 1 aliphatic heterocycles. The summed E-state index contributed by atoms with van der Waals surface area (Å²) < 4.78 is 32.7. The Bertz CT molecular complexity index is 1070. The molecule has 0 amide bonds. The number of benzene rings is 1. The number of H-pyrrole nitrogens is 1. The Morgan fingerprint density at radius 1 is 1.24 bits per heavy atom. The standard InChI is InChI=1S/C21H25N3O4S/c1-2-28-21(25)16-5-7-17(8-6-16)29(26,27)24-12-9-15(10-13-24)19-14-23-20-18(19)4-3-11-22-20/h3-8,11,14-15,21,25H,2,9-10,12-13H2,1H3,(H,22,23). The zero-order chi connectivity index (χ0) is 20.4. The molecule has 29 heavy (non-hydrogen) atoms. The van der Waals surface area contributed by atoms with Crippen LogP contribution in [-0.2, 0) is 14.8 Å². The molecule has 1 fully saturated rings. The first-order valence-corrected chi connectivity index (χ1v) is 11.3. The van der Waals surface area contributed by atoms with Crippen LogP contribution in [0, 0.1) is 0 Å². The van der Waals surface area contributed by atoms with Gasteiger partial charge in [-0.25, -0.2) is 13.4 Å². The summed E-state index contributed by atoms with van der Waals surface area (Å²) in [4.78, 5) is 7.77. The molecule has 1 unspecified atom stereocenters. The normalized spacial score (nSPS) is 17.6. The van der Waals surface area contributed by atoms with Gasteiger partial charge < -0.3 is 14.8 Å². The summed E-state index contributed by atoms with van der Waals surface area (Å²) in [7, 11) is -3.56. The number of hydrogen-bond donors (Lipinski definition) is 2. The van der Waals surface area contributed by atoms with Gasteiger partial charge in [-0.05, 0) is 55.5 Å². The molecule has 1 atom stereocenters. The summed E-state index contributed by atoms with van der Waals surface area (Å²) >= 11 is 0. The summed E-state index contributed by atoms with van der Waals surface area (Å²) in [6.45, 7) is 3.12. The lowest BCUT2D eigenvalue weighted by Crippen LogP contribution is -2.37. The lowest BCUT2D eigenvalue weighted by molar-refractivity contribution is -0.0980. The highest BCUT2D eigenvalue weighted by molar-refractivity contribution is 7.89. The predicted molar refractivity (Wildman–Crippen MR) is 110 cm³/mol. The van der Waals surface area contributed by atoms with Crippen molar-refractivity contribution in [3.63, 3.8) is 0 Å². The van der Waals surface area contributed by atoms with E-state index >= 15 is 0 Å². The van der Waals surface area contributed by atoms with E-state index in [1.165, 1.54) is 17.7 Å². The minimum absolute atomic E-state index is 0.236. The number of hydrogen-bond acceptors (Lipinski definition) is 5. The zero-order valence-corrected chi connectivity index (χ0v) is 17.1. The summed E-state index contributed by atoms with van der Waals surface area (Å²) in [6.07, 6.45) is 4.24. The topological polar surface area (TPSA) is 95.5 Å². The number of pyridine rings is 1. The van der Waals surface area contributed by atoms with Crippen molar-refractivity contribution >= 4 is 21.1 Å². The molecule has 1 aliphatic rings. The summed E-state index contributed by atoms with van der Waals surface area (Å²) in [5, 5.41) is 11.0. The molecule has 1 aromatic carbocycles. The first-order valence-electron chi connectivity index (χ1n) is 9.82. The van der Waals surface area contributed by atoms with E-state index < -0.39 is 16.3 Å². The van der Waals surface area contributed by atoms with E-state index in [9.17, 15) is 13.5 Å². The highest BCUT2D eigenvalue weighted by atomic mass is 32.2. The van der Waals surface area contributed by atoms with Gasteiger partial charge in [-0.3, -0.25) is 0 Å². The van der Waals surface area contributed by atoms with Gasteiger partial charge in [-0.15, -0.1) is 0 Å². The number of sulfonamides is 1. The Balaban J connectivity index is 1.46. The molecule has 3 aromatic rings. The van der Waals surface area contributed by atoms with Gasteiger partial charge in [-0.1, -0.05) is 12.1 Å². The van der Waals surface area contributed by atoms with E-state index in [2.05, 4.69) is 16.0 Å². The van der Waals surface area contributed by atoms with Crippen LogP contribution in [0.5, 0.6) is 0 Å². The molecule has 0 radical (unpaired) electrons. The van der Waals surface area contributed by atoms with Crippen molar-refractivity contribution in [3.05, 3.63) is 59.9 Å². The smallest absolute Gasteiger partial charge is 0.243 e. The molecule has 4 rings (SSSR count). The van der Waals surface area contributed by atoms with Crippen molar-refractivity contribution in [1.82, 2.24) is 14.3 Å². The number of aromatic nitrogens is 2. The van der Waals surface area contributed by atoms with Crippen molar-refractivity contribution in [2.45, 2.75) is 36.9 Å². The third-order valence-electron chi connectivity index (χ3n) is 5.50. The minimum atomic E-state index is -3.56. The van der Waals surface area contributed by atoms with E-state index in [0.717, 1.165) is 23.9 Å². The molecule has 0 bridgehead atoms. The molecule has 1 saturated heterocycles. The van der Waals surface area contributed by atoms with Crippen LogP contribution >= 0.6 is 0 Å². The third kappa shape index (κ3) is 3.93. The second kappa shape index (κ2) is 8.23. The van der Waals surface area contributed by atoms with Crippen LogP contribution in [-0.4, -0.2) is 47.5 Å². The largest absolute Gasteiger partial charge is 0.364 e. The number of nitrogens with zero attached hydrogens (tertiary/aromatic N) is 2. The van der Waals surface area contributed by atoms with Crippen LogP contribution < -0.4 is 0 Å². The number of piperidine rings is 1. The SMILES string of the molecule is CCOC(O)c1ccc(S(=O)(=O)N2CCC(c3c[nH]c4ncccc34)CC2)cc1. The molecule has 3 heterocycles. The Labute approximate surface area is 170 Å². The second-order valence-electron chi connectivity index (χ2n) is 7.20. The fourth-order valence-electron chi connectivity index (χ4n) is 3.93.